The molecular formula is C14H7BClN3O5S. The maximum atomic E-state index is 12.2. The summed E-state index contributed by atoms with van der Waals surface area (Å²) < 4.78 is 10.4. The standard InChI is InChI=1S/C14H7BClN3O5S/c16-7-1-2-9-6(3-7)4-8(13(20)23-9)12-18-11(19-24-12)10-5-17-14(25-10)15(21)22/h1-5,21-22H. The van der Waals surface area contributed by atoms with Crippen molar-refractivity contribution in [1.82, 2.24) is 15.1 Å². The van der Waals surface area contributed by atoms with E-state index < -0.39 is 12.7 Å². The van der Waals surface area contributed by atoms with Crippen LogP contribution in [0.4, 0.5) is 0 Å². The van der Waals surface area contributed by atoms with Crippen LogP contribution in [-0.2, 0) is 0 Å². The Morgan fingerprint density at radius 3 is 2.84 bits per heavy atom. The fourth-order valence-corrected chi connectivity index (χ4v) is 3.08. The van der Waals surface area contributed by atoms with Crippen LogP contribution in [0.2, 0.25) is 5.02 Å². The van der Waals surface area contributed by atoms with Crippen molar-refractivity contribution in [3.8, 4) is 22.2 Å². The first-order chi connectivity index (χ1) is 12.0. The lowest BCUT2D eigenvalue weighted by Crippen LogP contribution is -2.28. The first-order valence-corrected chi connectivity index (χ1v) is 8.10. The van der Waals surface area contributed by atoms with Crippen molar-refractivity contribution in [2.24, 2.45) is 0 Å². The van der Waals surface area contributed by atoms with Crippen LogP contribution in [0.25, 0.3) is 33.1 Å². The van der Waals surface area contributed by atoms with Gasteiger partial charge in [-0.2, -0.15) is 4.98 Å². The lowest BCUT2D eigenvalue weighted by molar-refractivity contribution is 0.425. The molecule has 0 aliphatic heterocycles. The second kappa shape index (κ2) is 6.08. The lowest BCUT2D eigenvalue weighted by Gasteiger charge is -1.98. The van der Waals surface area contributed by atoms with Crippen molar-refractivity contribution < 1.29 is 19.0 Å². The van der Waals surface area contributed by atoms with Crippen LogP contribution in [0.5, 0.6) is 0 Å². The highest BCUT2D eigenvalue weighted by Crippen LogP contribution is 2.25. The van der Waals surface area contributed by atoms with E-state index in [1.165, 1.54) is 6.20 Å². The summed E-state index contributed by atoms with van der Waals surface area (Å²) in [7, 11) is -1.68. The molecule has 4 aromatic rings. The van der Waals surface area contributed by atoms with Crippen LogP contribution in [0, 0.1) is 0 Å². The van der Waals surface area contributed by atoms with Crippen LogP contribution in [0.3, 0.4) is 0 Å². The van der Waals surface area contributed by atoms with Crippen molar-refractivity contribution in [3.05, 3.63) is 45.9 Å². The molecule has 0 amide bonds. The highest BCUT2D eigenvalue weighted by molar-refractivity contribution is 7.24. The molecule has 2 N–H and O–H groups in total. The van der Waals surface area contributed by atoms with Gasteiger partial charge in [0, 0.05) is 16.6 Å². The average molecular weight is 376 g/mol. The Bertz CT molecular complexity index is 1140. The van der Waals surface area contributed by atoms with E-state index in [0.29, 0.717) is 20.9 Å². The maximum absolute atomic E-state index is 12.2. The fraction of sp³-hybridized carbons (Fsp3) is 0. The van der Waals surface area contributed by atoms with Gasteiger partial charge in [-0.15, -0.1) is 11.3 Å². The van der Waals surface area contributed by atoms with Crippen LogP contribution in [0.1, 0.15) is 0 Å². The minimum Gasteiger partial charge on any atom is -0.422 e. The molecule has 0 saturated heterocycles. The highest BCUT2D eigenvalue weighted by Gasteiger charge is 2.20. The SMILES string of the molecule is O=c1oc2ccc(Cl)cc2cc1-c1nc(-c2cnc(B(O)O)s2)no1. The van der Waals surface area contributed by atoms with Gasteiger partial charge in [0.05, 0.1) is 4.88 Å². The molecule has 124 valence electrons. The molecule has 3 aromatic heterocycles. The Balaban J connectivity index is 1.77. The smallest absolute Gasteiger partial charge is 0.422 e. The number of nitrogens with zero attached hydrogens (tertiary/aromatic N) is 3. The molecule has 0 atom stereocenters. The monoisotopic (exact) mass is 375 g/mol. The summed E-state index contributed by atoms with van der Waals surface area (Å²) in [5.74, 6) is 0.148. The van der Waals surface area contributed by atoms with Gasteiger partial charge in [0.15, 0.2) is 0 Å². The molecule has 25 heavy (non-hydrogen) atoms. The second-order valence-corrected chi connectivity index (χ2v) is 6.49. The Morgan fingerprint density at radius 1 is 1.24 bits per heavy atom. The largest absolute Gasteiger partial charge is 0.519 e. The fourth-order valence-electron chi connectivity index (χ4n) is 2.19. The van der Waals surface area contributed by atoms with Gasteiger partial charge in [0.25, 0.3) is 5.89 Å². The van der Waals surface area contributed by atoms with E-state index in [9.17, 15) is 4.79 Å². The van der Waals surface area contributed by atoms with Gasteiger partial charge in [-0.05, 0) is 24.3 Å². The molecule has 11 heteroatoms. The van der Waals surface area contributed by atoms with E-state index >= 15 is 0 Å². The summed E-state index contributed by atoms with van der Waals surface area (Å²) in [4.78, 5) is 20.7. The maximum Gasteiger partial charge on any atom is 0.519 e. The first kappa shape index (κ1) is 16.0. The van der Waals surface area contributed by atoms with Gasteiger partial charge in [0.1, 0.15) is 16.1 Å². The molecule has 4 rings (SSSR count). The normalized spacial score (nSPS) is 11.2. The van der Waals surface area contributed by atoms with Crippen molar-refractivity contribution in [3.63, 3.8) is 0 Å². The van der Waals surface area contributed by atoms with Crippen molar-refractivity contribution >= 4 is 45.9 Å². The molecule has 0 aliphatic rings. The molecule has 0 saturated carbocycles. The van der Waals surface area contributed by atoms with E-state index in [1.54, 1.807) is 24.3 Å². The van der Waals surface area contributed by atoms with Crippen LogP contribution in [0.15, 0.2) is 44.2 Å². The number of halogens is 1. The second-order valence-electron chi connectivity index (χ2n) is 4.99. The Morgan fingerprint density at radius 2 is 2.08 bits per heavy atom. The number of thiazole rings is 1. The quantitative estimate of drug-likeness (QED) is 0.406. The zero-order valence-electron chi connectivity index (χ0n) is 12.2. The summed E-state index contributed by atoms with van der Waals surface area (Å²) in [5.41, 5.74) is -0.136. The van der Waals surface area contributed by atoms with Crippen molar-refractivity contribution in [2.75, 3.05) is 0 Å². The molecule has 0 fully saturated rings. The van der Waals surface area contributed by atoms with Gasteiger partial charge < -0.3 is 19.0 Å². The van der Waals surface area contributed by atoms with E-state index in [4.69, 9.17) is 30.6 Å². The third-order valence-corrected chi connectivity index (χ3v) is 4.58. The summed E-state index contributed by atoms with van der Waals surface area (Å²) in [6, 6.07) is 6.42. The van der Waals surface area contributed by atoms with Gasteiger partial charge >= 0.3 is 12.7 Å². The number of benzene rings is 1. The number of hydrogen-bond donors (Lipinski definition) is 2. The zero-order chi connectivity index (χ0) is 17.6. The first-order valence-electron chi connectivity index (χ1n) is 6.91. The number of rotatable bonds is 3. The molecule has 0 unspecified atom stereocenters. The van der Waals surface area contributed by atoms with Gasteiger partial charge in [-0.1, -0.05) is 16.8 Å². The lowest BCUT2D eigenvalue weighted by atomic mass is 9.94. The van der Waals surface area contributed by atoms with E-state index in [2.05, 4.69) is 15.1 Å². The molecule has 8 nitrogen and oxygen atoms in total. The summed E-state index contributed by atoms with van der Waals surface area (Å²) >= 11 is 6.95. The minimum absolute atomic E-state index is 0.0230. The van der Waals surface area contributed by atoms with Crippen molar-refractivity contribution in [2.45, 2.75) is 0 Å². The van der Waals surface area contributed by atoms with Gasteiger partial charge in [-0.3, -0.25) is 4.98 Å². The van der Waals surface area contributed by atoms with E-state index in [-0.39, 0.29) is 22.2 Å². The molecular weight excluding hydrogens is 369 g/mol. The Hall–Kier alpha value is -2.53. The van der Waals surface area contributed by atoms with E-state index in [1.807, 2.05) is 0 Å². The summed E-state index contributed by atoms with van der Waals surface area (Å²) in [6.07, 6.45) is 1.39. The third kappa shape index (κ3) is 2.96. The van der Waals surface area contributed by atoms with Crippen LogP contribution < -0.4 is 10.5 Å². The predicted molar refractivity (Wildman–Crippen MR) is 91.7 cm³/mol. The highest BCUT2D eigenvalue weighted by atomic mass is 35.5. The van der Waals surface area contributed by atoms with E-state index in [0.717, 1.165) is 11.3 Å². The zero-order valence-corrected chi connectivity index (χ0v) is 13.8. The molecule has 0 aliphatic carbocycles. The minimum atomic E-state index is -1.68. The molecule has 0 spiro atoms. The molecule has 1 aromatic carbocycles. The van der Waals surface area contributed by atoms with Crippen LogP contribution in [-0.4, -0.2) is 32.3 Å². The van der Waals surface area contributed by atoms with Crippen LogP contribution >= 0.6 is 22.9 Å². The Kier molecular flexibility index (Phi) is 3.89. The molecule has 0 radical (unpaired) electrons. The topological polar surface area (TPSA) is 122 Å². The summed E-state index contributed by atoms with van der Waals surface area (Å²) in [5, 5.41) is 23.1. The number of aromatic nitrogens is 3. The Labute approximate surface area is 148 Å². The molecule has 0 bridgehead atoms. The number of hydrogen-bond acceptors (Lipinski definition) is 9. The summed E-state index contributed by atoms with van der Waals surface area (Å²) in [6.45, 7) is 0. The van der Waals surface area contributed by atoms with Gasteiger partial charge in [0.2, 0.25) is 5.82 Å². The molecule has 3 heterocycles. The third-order valence-electron chi connectivity index (χ3n) is 3.32. The predicted octanol–water partition coefficient (Wildman–Crippen LogP) is 1.30. The van der Waals surface area contributed by atoms with Gasteiger partial charge in [-0.25, -0.2) is 4.79 Å². The number of fused-ring (bicyclic) bond motifs is 1. The average Bonchev–Trinajstić information content (AvgIpc) is 3.23. The van der Waals surface area contributed by atoms with Crippen molar-refractivity contribution in [1.29, 1.82) is 0 Å².